The molecule has 0 bridgehead atoms. The summed E-state index contributed by atoms with van der Waals surface area (Å²) in [6, 6.07) is 8.18. The van der Waals surface area contributed by atoms with Crippen molar-refractivity contribution in [2.45, 2.75) is 32.5 Å². The second-order valence-corrected chi connectivity index (χ2v) is 7.31. The molecule has 1 aromatic heterocycles. The summed E-state index contributed by atoms with van der Waals surface area (Å²) < 4.78 is 50.4. The molecule has 1 aliphatic rings. The van der Waals surface area contributed by atoms with Crippen molar-refractivity contribution < 1.29 is 22.3 Å². The Kier molecular flexibility index (Phi) is 4.94. The van der Waals surface area contributed by atoms with E-state index < -0.39 is 17.4 Å². The monoisotopic (exact) mass is 423 g/mol. The van der Waals surface area contributed by atoms with E-state index in [2.05, 4.69) is 0 Å². The molecule has 152 valence electrons. The van der Waals surface area contributed by atoms with Crippen molar-refractivity contribution in [1.82, 2.24) is 0 Å². The van der Waals surface area contributed by atoms with Crippen molar-refractivity contribution in [1.29, 1.82) is 0 Å². The van der Waals surface area contributed by atoms with Crippen molar-refractivity contribution in [2.75, 3.05) is 11.6 Å². The number of anilines is 1. The summed E-state index contributed by atoms with van der Waals surface area (Å²) in [7, 11) is 0. The van der Waals surface area contributed by atoms with Crippen LogP contribution in [0.1, 0.15) is 30.0 Å². The molecule has 0 saturated heterocycles. The summed E-state index contributed by atoms with van der Waals surface area (Å²) in [5, 5.41) is 1.09. The molecule has 0 saturated carbocycles. The zero-order valence-electron chi connectivity index (χ0n) is 15.5. The summed E-state index contributed by atoms with van der Waals surface area (Å²) in [6.07, 6.45) is -2.93. The van der Waals surface area contributed by atoms with Gasteiger partial charge in [-0.25, -0.2) is 4.79 Å². The van der Waals surface area contributed by atoms with Crippen LogP contribution in [0.4, 0.5) is 18.9 Å². The van der Waals surface area contributed by atoms with Gasteiger partial charge in [0.05, 0.1) is 22.7 Å². The zero-order chi connectivity index (χ0) is 20.8. The first kappa shape index (κ1) is 19.6. The van der Waals surface area contributed by atoms with Crippen molar-refractivity contribution >= 4 is 28.3 Å². The standard InChI is InChI=1S/C21H17ClF3NO3/c1-2-4-12-7-18(27)29-19-15(12)9-17(22)20-16(19)10-26(11-28-20)14-6-3-5-13(8-14)21(23,24)25/h3,5-9H,2,4,10-11H2,1H3. The van der Waals surface area contributed by atoms with Crippen molar-refractivity contribution in [2.24, 2.45) is 0 Å². The Morgan fingerprint density at radius 1 is 1.21 bits per heavy atom. The predicted octanol–water partition coefficient (Wildman–Crippen LogP) is 5.77. The number of nitrogens with zero attached hydrogens (tertiary/aromatic N) is 1. The smallest absolute Gasteiger partial charge is 0.416 e. The van der Waals surface area contributed by atoms with Crippen molar-refractivity contribution in [3.63, 3.8) is 0 Å². The molecule has 29 heavy (non-hydrogen) atoms. The molecule has 0 unspecified atom stereocenters. The highest BCUT2D eigenvalue weighted by Crippen LogP contribution is 2.41. The zero-order valence-corrected chi connectivity index (χ0v) is 16.2. The number of fused-ring (bicyclic) bond motifs is 3. The van der Waals surface area contributed by atoms with Gasteiger partial charge in [-0.05, 0) is 36.2 Å². The number of hydrogen-bond acceptors (Lipinski definition) is 4. The SMILES string of the molecule is CCCc1cc(=O)oc2c3c(c(Cl)cc12)OCN(c1cccc(C(F)(F)F)c1)C3. The van der Waals surface area contributed by atoms with Crippen LogP contribution in [0.3, 0.4) is 0 Å². The summed E-state index contributed by atoms with van der Waals surface area (Å²) in [6.45, 7) is 2.23. The lowest BCUT2D eigenvalue weighted by Gasteiger charge is -2.32. The average Bonchev–Trinajstić information content (AvgIpc) is 2.68. The Labute approximate surface area is 169 Å². The number of halogens is 4. The van der Waals surface area contributed by atoms with E-state index in [1.807, 2.05) is 6.92 Å². The highest BCUT2D eigenvalue weighted by Gasteiger charge is 2.32. The van der Waals surface area contributed by atoms with Gasteiger partial charge in [-0.15, -0.1) is 0 Å². The summed E-state index contributed by atoms with van der Waals surface area (Å²) in [5.74, 6) is 0.388. The lowest BCUT2D eigenvalue weighted by atomic mass is 10.0. The van der Waals surface area contributed by atoms with Crippen LogP contribution in [0.25, 0.3) is 11.0 Å². The van der Waals surface area contributed by atoms with Gasteiger partial charge in [-0.2, -0.15) is 13.2 Å². The number of alkyl halides is 3. The summed E-state index contributed by atoms with van der Waals surface area (Å²) in [5.41, 5.74) is 0.851. The molecule has 0 spiro atoms. The third-order valence-corrected chi connectivity index (χ3v) is 5.17. The van der Waals surface area contributed by atoms with Crippen LogP contribution in [0.2, 0.25) is 5.02 Å². The van der Waals surface area contributed by atoms with E-state index in [-0.39, 0.29) is 13.3 Å². The predicted molar refractivity (Wildman–Crippen MR) is 105 cm³/mol. The molecular weight excluding hydrogens is 407 g/mol. The third-order valence-electron chi connectivity index (χ3n) is 4.89. The summed E-state index contributed by atoms with van der Waals surface area (Å²) >= 11 is 6.40. The van der Waals surface area contributed by atoms with Gasteiger partial charge in [-0.3, -0.25) is 0 Å². The van der Waals surface area contributed by atoms with E-state index in [0.717, 1.165) is 24.1 Å². The lowest BCUT2D eigenvalue weighted by molar-refractivity contribution is -0.137. The molecule has 0 atom stereocenters. The minimum absolute atomic E-state index is 0.0262. The quantitative estimate of drug-likeness (QED) is 0.501. The number of ether oxygens (including phenoxy) is 1. The fourth-order valence-electron chi connectivity index (χ4n) is 3.57. The van der Waals surface area contributed by atoms with Crippen LogP contribution in [0.5, 0.6) is 5.75 Å². The van der Waals surface area contributed by atoms with Crippen LogP contribution in [-0.2, 0) is 19.1 Å². The van der Waals surface area contributed by atoms with Gasteiger partial charge in [0.1, 0.15) is 11.3 Å². The van der Waals surface area contributed by atoms with Gasteiger partial charge in [0, 0.05) is 17.1 Å². The highest BCUT2D eigenvalue weighted by molar-refractivity contribution is 6.33. The summed E-state index contributed by atoms with van der Waals surface area (Å²) in [4.78, 5) is 13.7. The van der Waals surface area contributed by atoms with E-state index in [4.69, 9.17) is 20.8 Å². The number of aryl methyl sites for hydroxylation is 1. The number of hydrogen-bond donors (Lipinski definition) is 0. The fraction of sp³-hybridized carbons (Fsp3) is 0.286. The lowest BCUT2D eigenvalue weighted by Crippen LogP contribution is -2.32. The number of benzene rings is 2. The Balaban J connectivity index is 1.82. The van der Waals surface area contributed by atoms with E-state index >= 15 is 0 Å². The van der Waals surface area contributed by atoms with Gasteiger partial charge in [0.15, 0.2) is 6.73 Å². The van der Waals surface area contributed by atoms with Crippen LogP contribution in [0, 0.1) is 0 Å². The van der Waals surface area contributed by atoms with Crippen LogP contribution in [-0.4, -0.2) is 6.73 Å². The van der Waals surface area contributed by atoms with Crippen LogP contribution >= 0.6 is 11.6 Å². The Morgan fingerprint density at radius 2 is 2.00 bits per heavy atom. The van der Waals surface area contributed by atoms with Crippen molar-refractivity contribution in [3.05, 3.63) is 68.5 Å². The molecule has 2 aromatic carbocycles. The molecular formula is C21H17ClF3NO3. The van der Waals surface area contributed by atoms with Crippen LogP contribution in [0.15, 0.2) is 45.6 Å². The second kappa shape index (κ2) is 7.30. The molecule has 0 amide bonds. The Bertz CT molecular complexity index is 1140. The first-order valence-electron chi connectivity index (χ1n) is 9.11. The maximum absolute atomic E-state index is 13.1. The Morgan fingerprint density at radius 3 is 2.72 bits per heavy atom. The third kappa shape index (κ3) is 3.67. The van der Waals surface area contributed by atoms with Gasteiger partial charge in [0.25, 0.3) is 0 Å². The second-order valence-electron chi connectivity index (χ2n) is 6.90. The first-order valence-corrected chi connectivity index (χ1v) is 9.49. The maximum atomic E-state index is 13.1. The van der Waals surface area contributed by atoms with E-state index in [1.54, 1.807) is 17.0 Å². The molecule has 4 rings (SSSR count). The molecule has 0 N–H and O–H groups in total. The first-order chi connectivity index (χ1) is 13.8. The van der Waals surface area contributed by atoms with Crippen molar-refractivity contribution in [3.8, 4) is 5.75 Å². The molecule has 0 aliphatic carbocycles. The van der Waals surface area contributed by atoms with Crippen LogP contribution < -0.4 is 15.3 Å². The average molecular weight is 424 g/mol. The van der Waals surface area contributed by atoms with E-state index in [9.17, 15) is 18.0 Å². The Hall–Kier alpha value is -2.67. The molecule has 2 heterocycles. The molecule has 3 aromatic rings. The number of rotatable bonds is 3. The molecule has 0 fully saturated rings. The largest absolute Gasteiger partial charge is 0.471 e. The van der Waals surface area contributed by atoms with E-state index in [0.29, 0.717) is 39.4 Å². The molecule has 1 aliphatic heterocycles. The topological polar surface area (TPSA) is 42.7 Å². The van der Waals surface area contributed by atoms with Gasteiger partial charge in [-0.1, -0.05) is 31.0 Å². The maximum Gasteiger partial charge on any atom is 0.416 e. The normalized spacial score (nSPS) is 14.0. The highest BCUT2D eigenvalue weighted by atomic mass is 35.5. The van der Waals surface area contributed by atoms with Gasteiger partial charge in [0.2, 0.25) is 0 Å². The van der Waals surface area contributed by atoms with E-state index in [1.165, 1.54) is 12.1 Å². The fourth-order valence-corrected chi connectivity index (χ4v) is 3.85. The molecule has 8 heteroatoms. The molecule has 0 radical (unpaired) electrons. The minimum atomic E-state index is -4.44. The van der Waals surface area contributed by atoms with Gasteiger partial charge >= 0.3 is 11.8 Å². The van der Waals surface area contributed by atoms with Gasteiger partial charge < -0.3 is 14.1 Å². The minimum Gasteiger partial charge on any atom is -0.471 e. The molecule has 4 nitrogen and oxygen atoms in total.